The second-order valence-electron chi connectivity index (χ2n) is 11.9. The van der Waals surface area contributed by atoms with Crippen molar-refractivity contribution in [2.75, 3.05) is 0 Å². The summed E-state index contributed by atoms with van der Waals surface area (Å²) >= 11 is 0. The molecule has 2 saturated carbocycles. The molecule has 5 aliphatic rings. The number of carbonyl (C=O) groups is 3. The van der Waals surface area contributed by atoms with Crippen molar-refractivity contribution in [2.45, 2.75) is 77.0 Å². The maximum atomic E-state index is 14.2. The molecule has 0 amide bonds. The van der Waals surface area contributed by atoms with Crippen molar-refractivity contribution in [2.24, 2.45) is 28.1 Å². The van der Waals surface area contributed by atoms with Crippen LogP contribution in [0.1, 0.15) is 59.1 Å². The number of aliphatic hydroxyl groups excluding tert-OH is 1. The molecule has 1 unspecified atom stereocenters. The predicted octanol–water partition coefficient (Wildman–Crippen LogP) is 2.90. The highest BCUT2D eigenvalue weighted by molar-refractivity contribution is 5.93. The van der Waals surface area contributed by atoms with E-state index in [2.05, 4.69) is 0 Å². The van der Waals surface area contributed by atoms with Gasteiger partial charge in [-0.25, -0.2) is 9.59 Å². The quantitative estimate of drug-likeness (QED) is 0.492. The molecule has 0 radical (unpaired) electrons. The van der Waals surface area contributed by atoms with Gasteiger partial charge < -0.3 is 23.7 Å². The lowest BCUT2D eigenvalue weighted by molar-refractivity contribution is -0.239. The Bertz CT molecular complexity index is 1140. The van der Waals surface area contributed by atoms with Crippen LogP contribution in [0.5, 0.6) is 0 Å². The van der Waals surface area contributed by atoms with E-state index in [0.29, 0.717) is 5.56 Å². The number of Topliss-reactive ketones (excluding diaryl/α,β-unsaturated/α-hetero) is 1. The van der Waals surface area contributed by atoms with Crippen molar-refractivity contribution in [1.82, 2.24) is 0 Å². The van der Waals surface area contributed by atoms with E-state index in [1.807, 2.05) is 34.6 Å². The number of aliphatic hydroxyl groups is 1. The number of epoxide rings is 1. The van der Waals surface area contributed by atoms with Gasteiger partial charge in [-0.1, -0.05) is 19.9 Å². The number of rotatable bonds is 1. The first-order valence-corrected chi connectivity index (χ1v) is 11.9. The maximum absolute atomic E-state index is 14.2. The first kappa shape index (κ1) is 22.0. The zero-order valence-corrected chi connectivity index (χ0v) is 20.0. The van der Waals surface area contributed by atoms with Gasteiger partial charge in [-0.3, -0.25) is 4.79 Å². The number of fused-ring (bicyclic) bond motifs is 3. The zero-order valence-electron chi connectivity index (χ0n) is 20.0. The van der Waals surface area contributed by atoms with Crippen LogP contribution in [0.2, 0.25) is 0 Å². The molecule has 0 bridgehead atoms. The monoisotopic (exact) mass is 470 g/mol. The van der Waals surface area contributed by atoms with E-state index < -0.39 is 63.6 Å². The summed E-state index contributed by atoms with van der Waals surface area (Å²) in [7, 11) is 0. The molecule has 1 N–H and O–H groups in total. The summed E-state index contributed by atoms with van der Waals surface area (Å²) in [6.07, 6.45) is 4.12. The van der Waals surface area contributed by atoms with E-state index in [1.54, 1.807) is 12.1 Å². The Kier molecular flexibility index (Phi) is 4.02. The smallest absolute Gasteiger partial charge is 0.339 e. The number of hydrogen-bond acceptors (Lipinski definition) is 8. The highest BCUT2D eigenvalue weighted by atomic mass is 16.7. The fourth-order valence-corrected chi connectivity index (χ4v) is 8.66. The fourth-order valence-electron chi connectivity index (χ4n) is 8.66. The van der Waals surface area contributed by atoms with Crippen molar-refractivity contribution < 1.29 is 38.1 Å². The van der Waals surface area contributed by atoms with Crippen LogP contribution in [0.4, 0.5) is 0 Å². The van der Waals surface area contributed by atoms with E-state index in [1.165, 1.54) is 18.6 Å². The molecular formula is C26H30O8. The molecule has 4 fully saturated rings. The van der Waals surface area contributed by atoms with Crippen molar-refractivity contribution in [1.29, 1.82) is 0 Å². The molecule has 1 aromatic rings. The number of hydrogen-bond donors (Lipinski definition) is 1. The van der Waals surface area contributed by atoms with E-state index in [4.69, 9.17) is 18.6 Å². The van der Waals surface area contributed by atoms with Gasteiger partial charge in [0.2, 0.25) is 0 Å². The molecule has 8 nitrogen and oxygen atoms in total. The third kappa shape index (κ3) is 2.25. The lowest BCUT2D eigenvalue weighted by Gasteiger charge is -2.66. The highest BCUT2D eigenvalue weighted by Gasteiger charge is 2.89. The number of furan rings is 1. The molecule has 6 rings (SSSR count). The molecule has 182 valence electrons. The summed E-state index contributed by atoms with van der Waals surface area (Å²) in [6.45, 7) is 9.39. The normalized spacial score (nSPS) is 50.6. The van der Waals surface area contributed by atoms with E-state index in [0.717, 1.165) is 0 Å². The van der Waals surface area contributed by atoms with Crippen LogP contribution >= 0.6 is 0 Å². The molecule has 4 heterocycles. The highest BCUT2D eigenvalue weighted by Crippen LogP contribution is 2.78. The topological polar surface area (TPSA) is 116 Å². The third-order valence-electron chi connectivity index (χ3n) is 9.92. The average molecular weight is 471 g/mol. The maximum Gasteiger partial charge on any atom is 0.339 e. The second kappa shape index (κ2) is 6.21. The Morgan fingerprint density at radius 2 is 1.79 bits per heavy atom. The van der Waals surface area contributed by atoms with Crippen LogP contribution in [0, 0.1) is 28.1 Å². The van der Waals surface area contributed by atoms with Crippen molar-refractivity contribution in [3.63, 3.8) is 0 Å². The van der Waals surface area contributed by atoms with Gasteiger partial charge in [0.25, 0.3) is 0 Å². The molecule has 1 aromatic heterocycles. The second-order valence-corrected chi connectivity index (χ2v) is 11.9. The lowest BCUT2D eigenvalue weighted by atomic mass is 9.37. The SMILES string of the molecule is CC1(C)OC(=O)C=C[C@]2(C)C3[C@@H](O)C[C@@]4(C)[C@H](c5ccoc5)OC(=O)[C@H]5O[C@]54[C@]3(C)C(=O)C[C@@H]12. The van der Waals surface area contributed by atoms with Crippen LogP contribution in [0.25, 0.3) is 0 Å². The van der Waals surface area contributed by atoms with Gasteiger partial charge >= 0.3 is 11.9 Å². The molecule has 1 spiro atoms. The summed E-state index contributed by atoms with van der Waals surface area (Å²) in [5.41, 5.74) is -4.20. The molecular weight excluding hydrogens is 440 g/mol. The zero-order chi connectivity index (χ0) is 24.5. The van der Waals surface area contributed by atoms with Crippen LogP contribution < -0.4 is 0 Å². The van der Waals surface area contributed by atoms with Crippen LogP contribution in [0.15, 0.2) is 35.2 Å². The van der Waals surface area contributed by atoms with Crippen LogP contribution in [-0.2, 0) is 28.6 Å². The molecule has 2 aliphatic carbocycles. The molecule has 2 saturated heterocycles. The van der Waals surface area contributed by atoms with Crippen molar-refractivity contribution >= 4 is 17.7 Å². The van der Waals surface area contributed by atoms with Gasteiger partial charge in [0, 0.05) is 35.3 Å². The molecule has 34 heavy (non-hydrogen) atoms. The van der Waals surface area contributed by atoms with E-state index in [9.17, 15) is 19.5 Å². The number of ether oxygens (including phenoxy) is 3. The minimum atomic E-state index is -1.19. The van der Waals surface area contributed by atoms with Gasteiger partial charge in [0.1, 0.15) is 23.1 Å². The first-order chi connectivity index (χ1) is 15.8. The molecule has 0 aromatic carbocycles. The van der Waals surface area contributed by atoms with Gasteiger partial charge in [0.05, 0.1) is 24.0 Å². The minimum Gasteiger partial charge on any atom is -0.472 e. The Morgan fingerprint density at radius 3 is 2.47 bits per heavy atom. The standard InChI is InChI=1S/C26H30O8/c1-22(2)15-10-16(28)25(5)18(23(15,3)8-6-17(29)33-22)14(27)11-24(4)19(13-7-9-31-12-13)32-21(30)20-26(24,25)34-20/h6-9,12,14-15,18-20,27H,10-11H2,1-5H3/t14-,15-,18?,19-,20+,23-,24-,25+,26+/m0/s1. The van der Waals surface area contributed by atoms with Crippen molar-refractivity contribution in [3.05, 3.63) is 36.3 Å². The van der Waals surface area contributed by atoms with Gasteiger partial charge in [-0.05, 0) is 38.7 Å². The Morgan fingerprint density at radius 1 is 1.06 bits per heavy atom. The Hall–Kier alpha value is -2.45. The predicted molar refractivity (Wildman–Crippen MR) is 116 cm³/mol. The van der Waals surface area contributed by atoms with Crippen molar-refractivity contribution in [3.8, 4) is 0 Å². The number of carbonyl (C=O) groups excluding carboxylic acids is 3. The lowest BCUT2D eigenvalue weighted by Crippen LogP contribution is -2.74. The van der Waals surface area contributed by atoms with E-state index >= 15 is 0 Å². The summed E-state index contributed by atoms with van der Waals surface area (Å²) in [5.74, 6) is -2.00. The summed E-state index contributed by atoms with van der Waals surface area (Å²) < 4.78 is 23.1. The Balaban J connectivity index is 1.56. The molecule has 8 heteroatoms. The van der Waals surface area contributed by atoms with Gasteiger partial charge in [0.15, 0.2) is 6.10 Å². The fraction of sp³-hybridized carbons (Fsp3) is 0.654. The Labute approximate surface area is 197 Å². The number of esters is 2. The largest absolute Gasteiger partial charge is 0.472 e. The van der Waals surface area contributed by atoms with E-state index in [-0.39, 0.29) is 24.5 Å². The van der Waals surface area contributed by atoms with Gasteiger partial charge in [-0.2, -0.15) is 0 Å². The summed E-state index contributed by atoms with van der Waals surface area (Å²) in [4.78, 5) is 39.7. The van der Waals surface area contributed by atoms with Crippen LogP contribution in [-0.4, -0.2) is 46.2 Å². The van der Waals surface area contributed by atoms with Gasteiger partial charge in [-0.15, -0.1) is 0 Å². The summed E-state index contributed by atoms with van der Waals surface area (Å²) in [6, 6.07) is 1.74. The minimum absolute atomic E-state index is 0.0903. The number of allylic oxidation sites excluding steroid dienone is 1. The average Bonchev–Trinajstić information content (AvgIpc) is 3.34. The van der Waals surface area contributed by atoms with Crippen LogP contribution in [0.3, 0.4) is 0 Å². The first-order valence-electron chi connectivity index (χ1n) is 11.9. The number of ketones is 1. The summed E-state index contributed by atoms with van der Waals surface area (Å²) in [5, 5.41) is 11.8. The molecule has 3 aliphatic heterocycles. The third-order valence-corrected chi connectivity index (χ3v) is 9.92. The number of cyclic esters (lactones) is 2. The molecule has 9 atom stereocenters.